The van der Waals surface area contributed by atoms with Crippen molar-refractivity contribution in [1.29, 1.82) is 0 Å². The molecule has 1 aromatic carbocycles. The van der Waals surface area contributed by atoms with E-state index in [0.29, 0.717) is 19.0 Å². The molecule has 1 amide bonds. The molecule has 1 aromatic rings. The van der Waals surface area contributed by atoms with E-state index in [9.17, 15) is 4.79 Å². The second-order valence-electron chi connectivity index (χ2n) is 8.09. The second kappa shape index (κ2) is 9.48. The van der Waals surface area contributed by atoms with Crippen LogP contribution in [0.2, 0.25) is 0 Å². The first-order chi connectivity index (χ1) is 12.5. The van der Waals surface area contributed by atoms with Gasteiger partial charge in [0.15, 0.2) is 5.96 Å². The Morgan fingerprint density at radius 3 is 2.37 bits per heavy atom. The molecule has 7 nitrogen and oxygen atoms in total. The number of amides is 1. The Balaban J connectivity index is 2.55. The Morgan fingerprint density at radius 2 is 1.81 bits per heavy atom. The molecule has 0 aliphatic rings. The predicted molar refractivity (Wildman–Crippen MR) is 109 cm³/mol. The Kier molecular flexibility index (Phi) is 7.94. The molecule has 0 aromatic heterocycles. The fourth-order valence-electron chi connectivity index (χ4n) is 2.31. The third-order valence-electron chi connectivity index (χ3n) is 3.69. The molecule has 0 saturated heterocycles. The minimum atomic E-state index is -0.528. The van der Waals surface area contributed by atoms with E-state index >= 15 is 0 Å². The second-order valence-corrected chi connectivity index (χ2v) is 8.09. The van der Waals surface area contributed by atoms with Crippen molar-refractivity contribution in [1.82, 2.24) is 16.0 Å². The number of carbonyl (C=O) groups is 1. The molecule has 0 fully saturated rings. The average Bonchev–Trinajstić information content (AvgIpc) is 2.53. The zero-order valence-electron chi connectivity index (χ0n) is 17.8. The first-order valence-corrected chi connectivity index (χ1v) is 9.05. The van der Waals surface area contributed by atoms with Crippen molar-refractivity contribution < 1.29 is 14.3 Å². The van der Waals surface area contributed by atoms with Crippen LogP contribution in [0.3, 0.4) is 0 Å². The van der Waals surface area contributed by atoms with E-state index < -0.39 is 17.2 Å². The minimum absolute atomic E-state index is 0.441. The van der Waals surface area contributed by atoms with E-state index in [1.165, 1.54) is 0 Å². The highest BCUT2D eigenvalue weighted by molar-refractivity contribution is 5.79. The molecule has 0 radical (unpaired) electrons. The molecular weight excluding hydrogens is 344 g/mol. The molecule has 0 aliphatic carbocycles. The number of ether oxygens (including phenoxy) is 2. The standard InChI is InChI=1S/C20H34N4O3/c1-14-9-10-15(11-16(14)26-8)12-22-17(21-7)23-13-20(5,6)24-18(25)27-19(2,3)4/h9-11H,12-13H2,1-8H3,(H,24,25)(H2,21,22,23). The summed E-state index contributed by atoms with van der Waals surface area (Å²) in [6, 6.07) is 6.08. The van der Waals surface area contributed by atoms with Gasteiger partial charge in [0.25, 0.3) is 0 Å². The molecule has 0 unspecified atom stereocenters. The summed E-state index contributed by atoms with van der Waals surface area (Å²) >= 11 is 0. The number of hydrogen-bond acceptors (Lipinski definition) is 4. The highest BCUT2D eigenvalue weighted by Crippen LogP contribution is 2.18. The molecule has 27 heavy (non-hydrogen) atoms. The van der Waals surface area contributed by atoms with Crippen LogP contribution < -0.4 is 20.7 Å². The predicted octanol–water partition coefficient (Wildman–Crippen LogP) is 2.97. The van der Waals surface area contributed by atoms with Crippen LogP contribution in [0.15, 0.2) is 23.2 Å². The number of aliphatic imine (C=N–C) groups is 1. The lowest BCUT2D eigenvalue weighted by molar-refractivity contribution is 0.0474. The van der Waals surface area contributed by atoms with Crippen LogP contribution in [0.4, 0.5) is 4.79 Å². The summed E-state index contributed by atoms with van der Waals surface area (Å²) < 4.78 is 10.7. The van der Waals surface area contributed by atoms with Crippen molar-refractivity contribution in [2.45, 2.75) is 59.2 Å². The lowest BCUT2D eigenvalue weighted by atomic mass is 10.1. The number of aryl methyl sites for hydroxylation is 1. The molecule has 0 aliphatic heterocycles. The normalized spacial score (nSPS) is 12.4. The van der Waals surface area contributed by atoms with Crippen molar-refractivity contribution in [3.63, 3.8) is 0 Å². The first kappa shape index (κ1) is 22.6. The first-order valence-electron chi connectivity index (χ1n) is 9.05. The van der Waals surface area contributed by atoms with Crippen molar-refractivity contribution >= 4 is 12.1 Å². The molecule has 0 heterocycles. The summed E-state index contributed by atoms with van der Waals surface area (Å²) in [5, 5.41) is 9.35. The van der Waals surface area contributed by atoms with Gasteiger partial charge in [0.1, 0.15) is 11.4 Å². The number of rotatable bonds is 6. The van der Waals surface area contributed by atoms with E-state index in [1.54, 1.807) is 14.2 Å². The number of hydrogen-bond donors (Lipinski definition) is 3. The maximum absolute atomic E-state index is 12.0. The monoisotopic (exact) mass is 378 g/mol. The summed E-state index contributed by atoms with van der Waals surface area (Å²) in [4.78, 5) is 16.2. The summed E-state index contributed by atoms with van der Waals surface area (Å²) in [7, 11) is 3.37. The van der Waals surface area contributed by atoms with Crippen LogP contribution in [0, 0.1) is 6.92 Å². The minimum Gasteiger partial charge on any atom is -0.496 e. The number of guanidine groups is 1. The third kappa shape index (κ3) is 8.66. The molecule has 1 rings (SSSR count). The number of alkyl carbamates (subject to hydrolysis) is 1. The Hall–Kier alpha value is -2.44. The summed E-state index contributed by atoms with van der Waals surface area (Å²) in [5.41, 5.74) is 1.15. The zero-order chi connectivity index (χ0) is 20.7. The molecule has 0 spiro atoms. The van der Waals surface area contributed by atoms with Gasteiger partial charge in [-0.1, -0.05) is 12.1 Å². The molecular formula is C20H34N4O3. The molecule has 0 saturated carbocycles. The van der Waals surface area contributed by atoms with Crippen LogP contribution >= 0.6 is 0 Å². The van der Waals surface area contributed by atoms with Gasteiger partial charge in [-0.05, 0) is 58.7 Å². The summed E-state index contributed by atoms with van der Waals surface area (Å²) in [6.45, 7) is 12.5. The largest absolute Gasteiger partial charge is 0.496 e. The highest BCUT2D eigenvalue weighted by atomic mass is 16.6. The van der Waals surface area contributed by atoms with Gasteiger partial charge in [0, 0.05) is 20.1 Å². The molecule has 3 N–H and O–H groups in total. The Labute approximate surface area is 162 Å². The quantitative estimate of drug-likeness (QED) is 0.524. The fourth-order valence-corrected chi connectivity index (χ4v) is 2.31. The fraction of sp³-hybridized carbons (Fsp3) is 0.600. The maximum atomic E-state index is 12.0. The molecule has 152 valence electrons. The van der Waals surface area contributed by atoms with Crippen LogP contribution in [-0.2, 0) is 11.3 Å². The van der Waals surface area contributed by atoms with Crippen LogP contribution in [0.25, 0.3) is 0 Å². The lowest BCUT2D eigenvalue weighted by Gasteiger charge is -2.29. The van der Waals surface area contributed by atoms with E-state index in [4.69, 9.17) is 9.47 Å². The topological polar surface area (TPSA) is 84.0 Å². The maximum Gasteiger partial charge on any atom is 0.408 e. The molecule has 7 heteroatoms. The molecule has 0 bridgehead atoms. The van der Waals surface area contributed by atoms with Gasteiger partial charge in [-0.15, -0.1) is 0 Å². The van der Waals surface area contributed by atoms with Gasteiger partial charge in [0.05, 0.1) is 12.6 Å². The van der Waals surface area contributed by atoms with Crippen LogP contribution in [0.5, 0.6) is 5.75 Å². The van der Waals surface area contributed by atoms with Crippen molar-refractivity contribution in [3.05, 3.63) is 29.3 Å². The van der Waals surface area contributed by atoms with Gasteiger partial charge in [-0.3, -0.25) is 4.99 Å². The van der Waals surface area contributed by atoms with Gasteiger partial charge in [-0.2, -0.15) is 0 Å². The Bertz CT molecular complexity index is 664. The van der Waals surface area contributed by atoms with Gasteiger partial charge in [0.2, 0.25) is 0 Å². The summed E-state index contributed by atoms with van der Waals surface area (Å²) in [5.74, 6) is 1.51. The third-order valence-corrected chi connectivity index (χ3v) is 3.69. The lowest BCUT2D eigenvalue weighted by Crippen LogP contribution is -2.54. The van der Waals surface area contributed by atoms with Crippen molar-refractivity contribution in [3.8, 4) is 5.75 Å². The van der Waals surface area contributed by atoms with Crippen LogP contribution in [0.1, 0.15) is 45.7 Å². The average molecular weight is 379 g/mol. The number of nitrogens with zero attached hydrogens (tertiary/aromatic N) is 1. The van der Waals surface area contributed by atoms with Gasteiger partial charge < -0.3 is 25.4 Å². The van der Waals surface area contributed by atoms with Gasteiger partial charge >= 0.3 is 6.09 Å². The van der Waals surface area contributed by atoms with E-state index in [-0.39, 0.29) is 0 Å². The van der Waals surface area contributed by atoms with Crippen molar-refractivity contribution in [2.75, 3.05) is 20.7 Å². The SMILES string of the molecule is CN=C(NCc1ccc(C)c(OC)c1)NCC(C)(C)NC(=O)OC(C)(C)C. The number of methoxy groups -OCH3 is 1. The summed E-state index contributed by atoms with van der Waals surface area (Å²) in [6.07, 6.45) is -0.441. The number of benzene rings is 1. The molecule has 0 atom stereocenters. The number of nitrogens with one attached hydrogen (secondary N) is 3. The van der Waals surface area contributed by atoms with E-state index in [2.05, 4.69) is 20.9 Å². The number of carbonyl (C=O) groups excluding carboxylic acids is 1. The van der Waals surface area contributed by atoms with Gasteiger partial charge in [-0.25, -0.2) is 4.79 Å². The van der Waals surface area contributed by atoms with E-state index in [0.717, 1.165) is 16.9 Å². The Morgan fingerprint density at radius 1 is 1.15 bits per heavy atom. The highest BCUT2D eigenvalue weighted by Gasteiger charge is 2.24. The van der Waals surface area contributed by atoms with Crippen LogP contribution in [-0.4, -0.2) is 43.9 Å². The van der Waals surface area contributed by atoms with E-state index in [1.807, 2.05) is 59.7 Å². The smallest absolute Gasteiger partial charge is 0.408 e. The zero-order valence-corrected chi connectivity index (χ0v) is 17.8. The van der Waals surface area contributed by atoms with Crippen molar-refractivity contribution in [2.24, 2.45) is 4.99 Å².